The second-order valence-corrected chi connectivity index (χ2v) is 8.87. The largest absolute Gasteiger partial charge is 0.493 e. The summed E-state index contributed by atoms with van der Waals surface area (Å²) in [6.45, 7) is 1.53. The second-order valence-electron chi connectivity index (χ2n) is 8.87. The Morgan fingerprint density at radius 1 is 1.14 bits per heavy atom. The van der Waals surface area contributed by atoms with Crippen LogP contribution in [0.2, 0.25) is 0 Å². The molecule has 37 heavy (non-hydrogen) atoms. The van der Waals surface area contributed by atoms with Crippen LogP contribution in [0.15, 0.2) is 42.5 Å². The minimum Gasteiger partial charge on any atom is -0.493 e. The van der Waals surface area contributed by atoms with Crippen LogP contribution in [0.1, 0.15) is 39.0 Å². The number of methoxy groups -OCH3 is 2. The molecule has 1 aromatic heterocycles. The van der Waals surface area contributed by atoms with Gasteiger partial charge in [0, 0.05) is 17.3 Å². The number of nitrogens with zero attached hydrogens (tertiary/aromatic N) is 5. The van der Waals surface area contributed by atoms with Crippen LogP contribution in [-0.4, -0.2) is 58.3 Å². The normalized spacial score (nSPS) is 14.3. The van der Waals surface area contributed by atoms with E-state index < -0.39 is 17.8 Å². The summed E-state index contributed by atoms with van der Waals surface area (Å²) in [7, 11) is 3.07. The van der Waals surface area contributed by atoms with Crippen LogP contribution < -0.4 is 19.7 Å². The molecule has 2 aromatic carbocycles. The van der Waals surface area contributed by atoms with Crippen LogP contribution in [0.5, 0.6) is 11.5 Å². The minimum atomic E-state index is -0.816. The quantitative estimate of drug-likeness (QED) is 0.445. The van der Waals surface area contributed by atoms with Crippen molar-refractivity contribution in [3.8, 4) is 22.9 Å². The van der Waals surface area contributed by atoms with E-state index in [1.807, 2.05) is 6.92 Å². The Labute approximate surface area is 214 Å². The maximum atomic E-state index is 14.1. The number of amides is 2. The number of hydrogen-bond donors (Lipinski definition) is 1. The van der Waals surface area contributed by atoms with E-state index in [1.54, 1.807) is 31.4 Å². The van der Waals surface area contributed by atoms with E-state index in [-0.39, 0.29) is 24.3 Å². The highest BCUT2D eigenvalue weighted by molar-refractivity contribution is 6.00. The second kappa shape index (κ2) is 11.8. The van der Waals surface area contributed by atoms with Crippen molar-refractivity contribution in [3.63, 3.8) is 0 Å². The van der Waals surface area contributed by atoms with Crippen molar-refractivity contribution in [1.82, 2.24) is 25.5 Å². The molecule has 3 aromatic rings. The Hall–Kier alpha value is -4.02. The maximum Gasteiger partial charge on any atom is 0.251 e. The van der Waals surface area contributed by atoms with Gasteiger partial charge >= 0.3 is 0 Å². The first-order valence-corrected chi connectivity index (χ1v) is 12.3. The van der Waals surface area contributed by atoms with Gasteiger partial charge in [0.1, 0.15) is 18.4 Å². The Morgan fingerprint density at radius 3 is 2.57 bits per heavy atom. The summed E-state index contributed by atoms with van der Waals surface area (Å²) in [6.07, 6.45) is 4.31. The van der Waals surface area contributed by atoms with Gasteiger partial charge in [-0.05, 0) is 60.9 Å². The number of carbonyl (C=O) groups is 2. The molecule has 11 heteroatoms. The number of benzene rings is 2. The van der Waals surface area contributed by atoms with Crippen molar-refractivity contribution in [2.24, 2.45) is 0 Å². The fourth-order valence-corrected chi connectivity index (χ4v) is 4.57. The highest BCUT2D eigenvalue weighted by atomic mass is 19.1. The number of halogens is 1. The predicted molar refractivity (Wildman–Crippen MR) is 135 cm³/mol. The van der Waals surface area contributed by atoms with E-state index in [4.69, 9.17) is 9.47 Å². The van der Waals surface area contributed by atoms with E-state index in [2.05, 4.69) is 20.7 Å². The molecule has 1 aliphatic rings. The van der Waals surface area contributed by atoms with Crippen LogP contribution in [-0.2, 0) is 16.1 Å². The number of anilines is 1. The van der Waals surface area contributed by atoms with Gasteiger partial charge in [0.15, 0.2) is 11.5 Å². The molecule has 2 amide bonds. The van der Waals surface area contributed by atoms with E-state index in [0.29, 0.717) is 29.2 Å². The number of aromatic nitrogens is 4. The van der Waals surface area contributed by atoms with Gasteiger partial charge in [-0.25, -0.2) is 4.39 Å². The molecular weight excluding hydrogens is 479 g/mol. The Bertz CT molecular complexity index is 1240. The molecular formula is C26H31FN6O4. The van der Waals surface area contributed by atoms with E-state index in [9.17, 15) is 14.0 Å². The molecule has 1 aliphatic carbocycles. The molecule has 0 saturated heterocycles. The molecule has 1 saturated carbocycles. The van der Waals surface area contributed by atoms with Crippen LogP contribution in [0.3, 0.4) is 0 Å². The van der Waals surface area contributed by atoms with Gasteiger partial charge in [0.05, 0.1) is 14.2 Å². The Kier molecular flexibility index (Phi) is 8.32. The van der Waals surface area contributed by atoms with Crippen molar-refractivity contribution in [3.05, 3.63) is 48.3 Å². The monoisotopic (exact) mass is 510 g/mol. The predicted octanol–water partition coefficient (Wildman–Crippen LogP) is 3.37. The summed E-state index contributed by atoms with van der Waals surface area (Å²) in [4.78, 5) is 29.3. The van der Waals surface area contributed by atoms with Gasteiger partial charge in [-0.3, -0.25) is 14.5 Å². The lowest BCUT2D eigenvalue weighted by Crippen LogP contribution is -2.52. The zero-order chi connectivity index (χ0) is 26.4. The average Bonchev–Trinajstić information content (AvgIpc) is 3.59. The molecule has 0 bridgehead atoms. The minimum absolute atomic E-state index is 0.0899. The molecule has 1 unspecified atom stereocenters. The molecule has 1 heterocycles. The first-order valence-electron chi connectivity index (χ1n) is 12.3. The third-order valence-corrected chi connectivity index (χ3v) is 6.43. The van der Waals surface area contributed by atoms with Crippen LogP contribution in [0.4, 0.5) is 10.1 Å². The first kappa shape index (κ1) is 26.1. The maximum absolute atomic E-state index is 14.1. The molecule has 1 atom stereocenters. The highest BCUT2D eigenvalue weighted by Gasteiger charge is 2.32. The Morgan fingerprint density at radius 2 is 1.89 bits per heavy atom. The number of tetrazole rings is 1. The zero-order valence-corrected chi connectivity index (χ0v) is 21.2. The molecule has 4 rings (SSSR count). The molecule has 10 nitrogen and oxygen atoms in total. The molecule has 0 spiro atoms. The molecule has 0 aliphatic heterocycles. The topological polar surface area (TPSA) is 111 Å². The standard InChI is InChI=1S/C26H31FN6O4/c1-4-21(26(35)28-19-9-5-6-10-19)33(20-11-7-8-18(27)15-20)24(34)16-32-30-25(29-31-32)17-12-13-22(36-2)23(14-17)37-3/h7-8,11-15,19,21H,4-6,9-10,16H2,1-3H3,(H,28,35). The van der Waals surface area contributed by atoms with Crippen molar-refractivity contribution in [2.45, 2.75) is 57.7 Å². The van der Waals surface area contributed by atoms with Crippen LogP contribution in [0, 0.1) is 5.82 Å². The number of hydrogen-bond acceptors (Lipinski definition) is 7. The van der Waals surface area contributed by atoms with Crippen molar-refractivity contribution in [1.29, 1.82) is 0 Å². The highest BCUT2D eigenvalue weighted by Crippen LogP contribution is 2.31. The summed E-state index contributed by atoms with van der Waals surface area (Å²) in [6, 6.07) is 10.1. The van der Waals surface area contributed by atoms with Gasteiger partial charge in [0.25, 0.3) is 5.91 Å². The summed E-state index contributed by atoms with van der Waals surface area (Å²) in [5.74, 6) is 0.123. The third-order valence-electron chi connectivity index (χ3n) is 6.43. The van der Waals surface area contributed by atoms with Crippen molar-refractivity contribution in [2.75, 3.05) is 19.1 Å². The molecule has 1 fully saturated rings. The van der Waals surface area contributed by atoms with Gasteiger partial charge in [-0.15, -0.1) is 10.2 Å². The van der Waals surface area contributed by atoms with E-state index in [0.717, 1.165) is 30.5 Å². The lowest BCUT2D eigenvalue weighted by molar-refractivity contribution is -0.127. The van der Waals surface area contributed by atoms with Crippen molar-refractivity contribution < 1.29 is 23.5 Å². The van der Waals surface area contributed by atoms with Crippen LogP contribution >= 0.6 is 0 Å². The smallest absolute Gasteiger partial charge is 0.251 e. The molecule has 1 N–H and O–H groups in total. The SMILES string of the molecule is CCC(C(=O)NC1CCCC1)N(C(=O)Cn1nnc(-c2ccc(OC)c(OC)c2)n1)c1cccc(F)c1. The summed E-state index contributed by atoms with van der Waals surface area (Å²) in [5.41, 5.74) is 0.916. The summed E-state index contributed by atoms with van der Waals surface area (Å²) < 4.78 is 24.7. The first-order chi connectivity index (χ1) is 17.9. The summed E-state index contributed by atoms with van der Waals surface area (Å²) >= 11 is 0. The fourth-order valence-electron chi connectivity index (χ4n) is 4.57. The number of rotatable bonds is 10. The van der Waals surface area contributed by atoms with Gasteiger partial charge in [0.2, 0.25) is 11.7 Å². The molecule has 196 valence electrons. The van der Waals surface area contributed by atoms with Crippen LogP contribution in [0.25, 0.3) is 11.4 Å². The Balaban J connectivity index is 1.58. The lowest BCUT2D eigenvalue weighted by atomic mass is 10.1. The third kappa shape index (κ3) is 6.04. The van der Waals surface area contributed by atoms with E-state index >= 15 is 0 Å². The van der Waals surface area contributed by atoms with Gasteiger partial charge in [-0.1, -0.05) is 25.8 Å². The van der Waals surface area contributed by atoms with E-state index in [1.165, 1.54) is 30.2 Å². The lowest BCUT2D eigenvalue weighted by Gasteiger charge is -2.31. The average molecular weight is 511 g/mol. The molecule has 0 radical (unpaired) electrons. The number of ether oxygens (including phenoxy) is 2. The fraction of sp³-hybridized carbons (Fsp3) is 0.423. The van der Waals surface area contributed by atoms with Gasteiger partial charge < -0.3 is 14.8 Å². The van der Waals surface area contributed by atoms with Gasteiger partial charge in [-0.2, -0.15) is 4.80 Å². The zero-order valence-electron chi connectivity index (χ0n) is 21.2. The van der Waals surface area contributed by atoms with Crippen molar-refractivity contribution >= 4 is 17.5 Å². The number of nitrogens with one attached hydrogen (secondary N) is 1. The summed E-state index contributed by atoms with van der Waals surface area (Å²) in [5, 5.41) is 15.5. The number of carbonyl (C=O) groups excluding carboxylic acids is 2.